The molecule has 0 spiro atoms. The van der Waals surface area contributed by atoms with Gasteiger partial charge in [0, 0.05) is 12.8 Å². The zero-order valence-corrected chi connectivity index (χ0v) is 5.51. The van der Waals surface area contributed by atoms with Crippen molar-refractivity contribution in [1.82, 2.24) is 0 Å². The molecule has 0 aromatic rings. The highest BCUT2D eigenvalue weighted by atomic mass is 14.7. The summed E-state index contributed by atoms with van der Waals surface area (Å²) in [4.78, 5) is 3.48. The Balaban J connectivity index is 2.31. The Morgan fingerprint density at radius 1 is 1.56 bits per heavy atom. The van der Waals surface area contributed by atoms with Gasteiger partial charge in [0.25, 0.3) is 0 Å². The van der Waals surface area contributed by atoms with E-state index in [0.29, 0.717) is 12.0 Å². The molecule has 1 fully saturated rings. The average Bonchev–Trinajstić information content (AvgIpc) is 2.34. The minimum atomic E-state index is 0.290. The van der Waals surface area contributed by atoms with E-state index in [4.69, 9.17) is 12.3 Å². The quantitative estimate of drug-likeness (QED) is 0.520. The summed E-state index contributed by atoms with van der Waals surface area (Å²) in [7, 11) is 0. The highest BCUT2D eigenvalue weighted by Gasteiger charge is 2.26. The number of hydrogen-bond donors (Lipinski definition) is 1. The standard InChI is InChI=1S/C7H12N2/c1-9-7-3-2-6(4-7)5-8/h6-7H,2-5,8H2/t6-,7+/m1/s1. The summed E-state index contributed by atoms with van der Waals surface area (Å²) >= 11 is 0. The summed E-state index contributed by atoms with van der Waals surface area (Å²) in [5.41, 5.74) is 5.45. The molecule has 2 atom stereocenters. The molecule has 0 bridgehead atoms. The molecule has 2 N–H and O–H groups in total. The van der Waals surface area contributed by atoms with Gasteiger partial charge in [-0.15, -0.1) is 0 Å². The average molecular weight is 124 g/mol. The van der Waals surface area contributed by atoms with Gasteiger partial charge in [-0.05, 0) is 18.9 Å². The van der Waals surface area contributed by atoms with Crippen molar-refractivity contribution in [3.8, 4) is 0 Å². The van der Waals surface area contributed by atoms with Gasteiger partial charge in [-0.2, -0.15) is 0 Å². The normalized spacial score (nSPS) is 34.2. The van der Waals surface area contributed by atoms with Crippen LogP contribution in [0.2, 0.25) is 0 Å². The molecule has 0 aliphatic heterocycles. The Morgan fingerprint density at radius 3 is 2.67 bits per heavy atom. The van der Waals surface area contributed by atoms with Crippen molar-refractivity contribution < 1.29 is 0 Å². The number of hydrogen-bond acceptors (Lipinski definition) is 1. The van der Waals surface area contributed by atoms with Gasteiger partial charge in [-0.3, -0.25) is 0 Å². The molecule has 0 unspecified atom stereocenters. The molecule has 0 aromatic heterocycles. The summed E-state index contributed by atoms with van der Waals surface area (Å²) < 4.78 is 0. The van der Waals surface area contributed by atoms with E-state index in [1.807, 2.05) is 0 Å². The van der Waals surface area contributed by atoms with Gasteiger partial charge in [0.15, 0.2) is 0 Å². The molecule has 2 heteroatoms. The second-order valence-electron chi connectivity index (χ2n) is 2.70. The summed E-state index contributed by atoms with van der Waals surface area (Å²) in [6.45, 7) is 7.52. The predicted molar refractivity (Wildman–Crippen MR) is 36.8 cm³/mol. The molecule has 1 saturated carbocycles. The minimum Gasteiger partial charge on any atom is -0.330 e. The van der Waals surface area contributed by atoms with Crippen molar-refractivity contribution in [3.63, 3.8) is 0 Å². The van der Waals surface area contributed by atoms with E-state index < -0.39 is 0 Å². The summed E-state index contributed by atoms with van der Waals surface area (Å²) in [5, 5.41) is 0. The molecule has 0 amide bonds. The lowest BCUT2D eigenvalue weighted by Crippen LogP contribution is -2.10. The van der Waals surface area contributed by atoms with Crippen LogP contribution in [0.3, 0.4) is 0 Å². The Labute approximate surface area is 55.9 Å². The van der Waals surface area contributed by atoms with Crippen LogP contribution >= 0.6 is 0 Å². The van der Waals surface area contributed by atoms with Gasteiger partial charge >= 0.3 is 0 Å². The minimum absolute atomic E-state index is 0.290. The molecule has 50 valence electrons. The van der Waals surface area contributed by atoms with E-state index in [2.05, 4.69) is 4.85 Å². The van der Waals surface area contributed by atoms with Gasteiger partial charge in [-0.25, -0.2) is 6.57 Å². The van der Waals surface area contributed by atoms with Crippen LogP contribution in [0.15, 0.2) is 0 Å². The lowest BCUT2D eigenvalue weighted by atomic mass is 10.1. The van der Waals surface area contributed by atoms with Gasteiger partial charge < -0.3 is 10.6 Å². The smallest absolute Gasteiger partial charge is 0.224 e. The van der Waals surface area contributed by atoms with Crippen molar-refractivity contribution in [2.45, 2.75) is 25.3 Å². The maximum atomic E-state index is 6.75. The van der Waals surface area contributed by atoms with E-state index in [1.165, 1.54) is 6.42 Å². The third-order valence-corrected chi connectivity index (χ3v) is 2.03. The molecule has 2 nitrogen and oxygen atoms in total. The molecule has 1 rings (SSSR count). The third kappa shape index (κ3) is 1.43. The first-order valence-electron chi connectivity index (χ1n) is 3.43. The third-order valence-electron chi connectivity index (χ3n) is 2.03. The molecule has 0 saturated heterocycles. The highest BCUT2D eigenvalue weighted by Crippen LogP contribution is 2.26. The molecule has 0 radical (unpaired) electrons. The maximum absolute atomic E-state index is 6.75. The van der Waals surface area contributed by atoms with Crippen molar-refractivity contribution in [2.24, 2.45) is 11.7 Å². The fourth-order valence-electron chi connectivity index (χ4n) is 1.38. The SMILES string of the molecule is [C-]#[N+][C@H]1CC[C@@H](CN)C1. The van der Waals surface area contributed by atoms with Crippen molar-refractivity contribution in [1.29, 1.82) is 0 Å². The van der Waals surface area contributed by atoms with E-state index in [1.54, 1.807) is 0 Å². The van der Waals surface area contributed by atoms with E-state index in [-0.39, 0.29) is 0 Å². The fraction of sp³-hybridized carbons (Fsp3) is 0.857. The Hall–Kier alpha value is -0.550. The first kappa shape index (κ1) is 6.57. The van der Waals surface area contributed by atoms with Crippen LogP contribution in [0.5, 0.6) is 0 Å². The van der Waals surface area contributed by atoms with Crippen LogP contribution in [-0.4, -0.2) is 12.6 Å². The monoisotopic (exact) mass is 124 g/mol. The van der Waals surface area contributed by atoms with Crippen LogP contribution in [0, 0.1) is 12.5 Å². The topological polar surface area (TPSA) is 30.4 Å². The zero-order chi connectivity index (χ0) is 6.69. The first-order chi connectivity index (χ1) is 4.36. The molecule has 9 heavy (non-hydrogen) atoms. The van der Waals surface area contributed by atoms with Gasteiger partial charge in [0.05, 0.1) is 0 Å². The second-order valence-corrected chi connectivity index (χ2v) is 2.70. The molecule has 0 heterocycles. The molecule has 1 aliphatic rings. The zero-order valence-electron chi connectivity index (χ0n) is 5.51. The van der Waals surface area contributed by atoms with Crippen LogP contribution in [0.25, 0.3) is 4.85 Å². The number of nitrogens with zero attached hydrogens (tertiary/aromatic N) is 1. The molecular formula is C7H12N2. The second kappa shape index (κ2) is 2.84. The van der Waals surface area contributed by atoms with E-state index in [0.717, 1.165) is 19.4 Å². The van der Waals surface area contributed by atoms with Gasteiger partial charge in [0.2, 0.25) is 6.04 Å². The lowest BCUT2D eigenvalue weighted by molar-refractivity contribution is 0.559. The van der Waals surface area contributed by atoms with Crippen molar-refractivity contribution in [2.75, 3.05) is 6.54 Å². The summed E-state index contributed by atoms with van der Waals surface area (Å²) in [6, 6.07) is 0.290. The van der Waals surface area contributed by atoms with Gasteiger partial charge in [-0.1, -0.05) is 0 Å². The highest BCUT2D eigenvalue weighted by molar-refractivity contribution is 4.88. The molecule has 1 aliphatic carbocycles. The van der Waals surface area contributed by atoms with Crippen molar-refractivity contribution >= 4 is 0 Å². The van der Waals surface area contributed by atoms with Crippen molar-refractivity contribution in [3.05, 3.63) is 11.4 Å². The maximum Gasteiger partial charge on any atom is 0.224 e. The van der Waals surface area contributed by atoms with Crippen LogP contribution in [0.1, 0.15) is 19.3 Å². The lowest BCUT2D eigenvalue weighted by Gasteiger charge is -1.99. The largest absolute Gasteiger partial charge is 0.330 e. The summed E-state index contributed by atoms with van der Waals surface area (Å²) in [5.74, 6) is 0.643. The fourth-order valence-corrected chi connectivity index (χ4v) is 1.38. The van der Waals surface area contributed by atoms with E-state index >= 15 is 0 Å². The Morgan fingerprint density at radius 2 is 2.33 bits per heavy atom. The number of rotatable bonds is 1. The Bertz CT molecular complexity index is 125. The molecule has 0 aromatic carbocycles. The van der Waals surface area contributed by atoms with Crippen LogP contribution in [-0.2, 0) is 0 Å². The predicted octanol–water partition coefficient (Wildman–Crippen LogP) is 1.03. The summed E-state index contributed by atoms with van der Waals surface area (Å²) in [6.07, 6.45) is 3.29. The van der Waals surface area contributed by atoms with Gasteiger partial charge in [0.1, 0.15) is 0 Å². The first-order valence-corrected chi connectivity index (χ1v) is 3.43. The van der Waals surface area contributed by atoms with Crippen LogP contribution in [0.4, 0.5) is 0 Å². The molecular weight excluding hydrogens is 112 g/mol. The Kier molecular flexibility index (Phi) is 2.07. The van der Waals surface area contributed by atoms with Crippen LogP contribution < -0.4 is 5.73 Å². The number of nitrogens with two attached hydrogens (primary N) is 1. The van der Waals surface area contributed by atoms with E-state index in [9.17, 15) is 0 Å².